The van der Waals surface area contributed by atoms with E-state index in [1.54, 1.807) is 13.0 Å². The number of amides is 2. The Morgan fingerprint density at radius 2 is 1.83 bits per heavy atom. The van der Waals surface area contributed by atoms with Gasteiger partial charge in [0.05, 0.1) is 15.6 Å². The van der Waals surface area contributed by atoms with Crippen LogP contribution in [0.25, 0.3) is 0 Å². The number of anilines is 2. The van der Waals surface area contributed by atoms with Crippen LogP contribution in [0.4, 0.5) is 17.1 Å². The van der Waals surface area contributed by atoms with Crippen LogP contribution in [0.2, 0.25) is 5.02 Å². The van der Waals surface area contributed by atoms with E-state index in [1.165, 1.54) is 37.3 Å². The zero-order valence-electron chi connectivity index (χ0n) is 12.9. The Hall–Kier alpha value is -2.93. The lowest BCUT2D eigenvalue weighted by atomic mass is 10.1. The number of carbonyl (C=O) groups excluding carboxylic acids is 2. The van der Waals surface area contributed by atoms with Crippen molar-refractivity contribution in [1.82, 2.24) is 0 Å². The SMILES string of the molecule is CC(=O)Nc1ccc(Cl)c(NC(=O)c2ccc(C)c([N+](=O)[O-])c2)c1. The molecule has 24 heavy (non-hydrogen) atoms. The van der Waals surface area contributed by atoms with E-state index in [4.69, 9.17) is 11.6 Å². The lowest BCUT2D eigenvalue weighted by molar-refractivity contribution is -0.385. The van der Waals surface area contributed by atoms with E-state index >= 15 is 0 Å². The maximum Gasteiger partial charge on any atom is 0.273 e. The lowest BCUT2D eigenvalue weighted by Crippen LogP contribution is -2.13. The van der Waals surface area contributed by atoms with Crippen molar-refractivity contribution in [3.63, 3.8) is 0 Å². The molecule has 124 valence electrons. The first-order valence-electron chi connectivity index (χ1n) is 6.91. The predicted molar refractivity (Wildman–Crippen MR) is 91.5 cm³/mol. The van der Waals surface area contributed by atoms with Crippen molar-refractivity contribution in [1.29, 1.82) is 0 Å². The van der Waals surface area contributed by atoms with Gasteiger partial charge in [-0.15, -0.1) is 0 Å². The Morgan fingerprint density at radius 3 is 2.46 bits per heavy atom. The summed E-state index contributed by atoms with van der Waals surface area (Å²) < 4.78 is 0. The van der Waals surface area contributed by atoms with Gasteiger partial charge in [-0.1, -0.05) is 17.7 Å². The third-order valence-corrected chi connectivity index (χ3v) is 3.53. The minimum Gasteiger partial charge on any atom is -0.326 e. The number of hydrogen-bond donors (Lipinski definition) is 2. The summed E-state index contributed by atoms with van der Waals surface area (Å²) in [6.45, 7) is 2.95. The number of nitrogens with zero attached hydrogens (tertiary/aromatic N) is 1. The largest absolute Gasteiger partial charge is 0.326 e. The molecule has 0 aromatic heterocycles. The van der Waals surface area contributed by atoms with Crippen LogP contribution >= 0.6 is 11.6 Å². The number of carbonyl (C=O) groups is 2. The molecule has 0 aliphatic carbocycles. The second-order valence-corrected chi connectivity index (χ2v) is 5.50. The van der Waals surface area contributed by atoms with Crippen molar-refractivity contribution in [2.75, 3.05) is 10.6 Å². The molecule has 0 aliphatic rings. The Balaban J connectivity index is 2.28. The molecule has 0 heterocycles. The molecule has 0 radical (unpaired) electrons. The Labute approximate surface area is 142 Å². The van der Waals surface area contributed by atoms with Gasteiger partial charge in [0.25, 0.3) is 11.6 Å². The average molecular weight is 348 g/mol. The van der Waals surface area contributed by atoms with Gasteiger partial charge in [-0.25, -0.2) is 0 Å². The van der Waals surface area contributed by atoms with Crippen LogP contribution in [-0.2, 0) is 4.79 Å². The van der Waals surface area contributed by atoms with Crippen molar-refractivity contribution >= 4 is 40.5 Å². The second-order valence-electron chi connectivity index (χ2n) is 5.09. The van der Waals surface area contributed by atoms with Gasteiger partial charge in [0.1, 0.15) is 0 Å². The highest BCUT2D eigenvalue weighted by atomic mass is 35.5. The molecular formula is C16H14ClN3O4. The summed E-state index contributed by atoms with van der Waals surface area (Å²) in [5.74, 6) is -0.802. The van der Waals surface area contributed by atoms with Crippen LogP contribution in [0.15, 0.2) is 36.4 Å². The number of rotatable bonds is 4. The van der Waals surface area contributed by atoms with E-state index in [0.29, 0.717) is 11.3 Å². The number of nitrogens with one attached hydrogen (secondary N) is 2. The monoisotopic (exact) mass is 347 g/mol. The number of nitro benzene ring substituents is 1. The molecule has 0 saturated carbocycles. The molecule has 7 nitrogen and oxygen atoms in total. The quantitative estimate of drug-likeness (QED) is 0.649. The van der Waals surface area contributed by atoms with Gasteiger partial charge in [-0.3, -0.25) is 19.7 Å². The molecule has 8 heteroatoms. The molecule has 2 N–H and O–H groups in total. The van der Waals surface area contributed by atoms with Crippen molar-refractivity contribution in [3.05, 3.63) is 62.7 Å². The summed E-state index contributed by atoms with van der Waals surface area (Å²) in [6.07, 6.45) is 0. The lowest BCUT2D eigenvalue weighted by Gasteiger charge is -2.10. The van der Waals surface area contributed by atoms with Gasteiger partial charge >= 0.3 is 0 Å². The molecule has 2 rings (SSSR count). The zero-order chi connectivity index (χ0) is 17.9. The van der Waals surface area contributed by atoms with Crippen LogP contribution in [0.1, 0.15) is 22.8 Å². The van der Waals surface area contributed by atoms with Crippen molar-refractivity contribution < 1.29 is 14.5 Å². The molecule has 0 unspecified atom stereocenters. The Kier molecular flexibility index (Phi) is 5.15. The number of nitro groups is 1. The van der Waals surface area contributed by atoms with Crippen LogP contribution in [0.3, 0.4) is 0 Å². The topological polar surface area (TPSA) is 101 Å². The fourth-order valence-electron chi connectivity index (χ4n) is 2.04. The van der Waals surface area contributed by atoms with E-state index < -0.39 is 10.8 Å². The standard InChI is InChI=1S/C16H14ClN3O4/c1-9-3-4-11(7-15(9)20(23)24)16(22)19-14-8-12(18-10(2)21)5-6-13(14)17/h3-8H,1-2H3,(H,18,21)(H,19,22). The number of aryl methyl sites for hydroxylation is 1. The summed E-state index contributed by atoms with van der Waals surface area (Å²) in [7, 11) is 0. The normalized spacial score (nSPS) is 10.1. The minimum atomic E-state index is -0.545. The van der Waals surface area contributed by atoms with E-state index in [9.17, 15) is 19.7 Å². The fourth-order valence-corrected chi connectivity index (χ4v) is 2.21. The molecular weight excluding hydrogens is 334 g/mol. The summed E-state index contributed by atoms with van der Waals surface area (Å²) in [5, 5.41) is 16.4. The number of hydrogen-bond acceptors (Lipinski definition) is 4. The molecule has 0 saturated heterocycles. The summed E-state index contributed by atoms with van der Waals surface area (Å²) in [5.41, 5.74) is 1.21. The van der Waals surface area contributed by atoms with Gasteiger partial charge in [0.2, 0.25) is 5.91 Å². The molecule has 0 bridgehead atoms. The maximum absolute atomic E-state index is 12.3. The van der Waals surface area contributed by atoms with Gasteiger partial charge in [0, 0.05) is 29.8 Å². The Bertz CT molecular complexity index is 836. The zero-order valence-corrected chi connectivity index (χ0v) is 13.7. The molecule has 0 fully saturated rings. The van der Waals surface area contributed by atoms with Gasteiger partial charge < -0.3 is 10.6 Å². The van der Waals surface area contributed by atoms with Gasteiger partial charge in [-0.05, 0) is 31.2 Å². The van der Waals surface area contributed by atoms with Gasteiger partial charge in [-0.2, -0.15) is 0 Å². The van der Waals surface area contributed by atoms with Crippen LogP contribution in [0, 0.1) is 17.0 Å². The first-order valence-corrected chi connectivity index (χ1v) is 7.29. The van der Waals surface area contributed by atoms with Gasteiger partial charge in [0.15, 0.2) is 0 Å². The molecule has 2 aromatic carbocycles. The first-order chi connectivity index (χ1) is 11.3. The molecule has 2 amide bonds. The van der Waals surface area contributed by atoms with Crippen LogP contribution in [-0.4, -0.2) is 16.7 Å². The maximum atomic E-state index is 12.3. The van der Waals surface area contributed by atoms with Crippen LogP contribution < -0.4 is 10.6 Å². The van der Waals surface area contributed by atoms with Crippen molar-refractivity contribution in [2.24, 2.45) is 0 Å². The van der Waals surface area contributed by atoms with E-state index in [0.717, 1.165) is 0 Å². The number of benzene rings is 2. The third kappa shape index (κ3) is 4.08. The highest BCUT2D eigenvalue weighted by molar-refractivity contribution is 6.34. The average Bonchev–Trinajstić information content (AvgIpc) is 2.50. The Morgan fingerprint density at radius 1 is 1.12 bits per heavy atom. The molecule has 0 spiro atoms. The van der Waals surface area contributed by atoms with E-state index in [1.807, 2.05) is 0 Å². The fraction of sp³-hybridized carbons (Fsp3) is 0.125. The smallest absolute Gasteiger partial charge is 0.273 e. The highest BCUT2D eigenvalue weighted by Gasteiger charge is 2.16. The second kappa shape index (κ2) is 7.10. The summed E-state index contributed by atoms with van der Waals surface area (Å²) in [6, 6.07) is 8.82. The van der Waals surface area contributed by atoms with Crippen molar-refractivity contribution in [2.45, 2.75) is 13.8 Å². The highest BCUT2D eigenvalue weighted by Crippen LogP contribution is 2.27. The third-order valence-electron chi connectivity index (χ3n) is 3.20. The molecule has 0 aliphatic heterocycles. The van der Waals surface area contributed by atoms with Crippen LogP contribution in [0.5, 0.6) is 0 Å². The van der Waals surface area contributed by atoms with E-state index in [-0.39, 0.29) is 27.9 Å². The molecule has 0 atom stereocenters. The molecule has 2 aromatic rings. The summed E-state index contributed by atoms with van der Waals surface area (Å²) in [4.78, 5) is 33.8. The first kappa shape index (κ1) is 17.4. The number of halogens is 1. The predicted octanol–water partition coefficient (Wildman–Crippen LogP) is 3.77. The minimum absolute atomic E-state index is 0.133. The van der Waals surface area contributed by atoms with E-state index in [2.05, 4.69) is 10.6 Å². The van der Waals surface area contributed by atoms with Crippen molar-refractivity contribution in [3.8, 4) is 0 Å². The summed E-state index contributed by atoms with van der Waals surface area (Å²) >= 11 is 6.04.